The zero-order chi connectivity index (χ0) is 17.5. The van der Waals surface area contributed by atoms with E-state index in [0.29, 0.717) is 37.9 Å². The Morgan fingerprint density at radius 1 is 1.42 bits per heavy atom. The van der Waals surface area contributed by atoms with Crippen molar-refractivity contribution in [3.05, 3.63) is 12.4 Å². The maximum Gasteiger partial charge on any atom is 0.317 e. The summed E-state index contributed by atoms with van der Waals surface area (Å²) < 4.78 is 4.89. The van der Waals surface area contributed by atoms with Crippen molar-refractivity contribution in [1.29, 1.82) is 0 Å². The summed E-state index contributed by atoms with van der Waals surface area (Å²) in [5, 5.41) is 12.1. The minimum Gasteiger partial charge on any atom is -0.481 e. The van der Waals surface area contributed by atoms with Crippen LogP contribution in [0.5, 0.6) is 0 Å². The number of carboxylic acids is 1. The summed E-state index contributed by atoms with van der Waals surface area (Å²) in [6.07, 6.45) is 1.33. The molecule has 0 saturated carbocycles. The molecule has 0 radical (unpaired) electrons. The second-order valence-electron chi connectivity index (χ2n) is 5.45. The second-order valence-corrected chi connectivity index (χ2v) is 5.45. The molecule has 2 rings (SSSR count). The number of nitrogens with zero attached hydrogens (tertiary/aromatic N) is 4. The average Bonchev–Trinajstić information content (AvgIpc) is 2.78. The number of nitrogen functional groups attached to an aromatic ring is 1. The number of hydrogen-bond donors (Lipinski definition) is 3. The molecule has 1 aromatic rings. The molecule has 4 N–H and O–H groups in total. The molecule has 1 aromatic heterocycles. The number of anilines is 2. The summed E-state index contributed by atoms with van der Waals surface area (Å²) in [6.45, 7) is 1.98. The van der Waals surface area contributed by atoms with Crippen LogP contribution >= 0.6 is 0 Å². The Kier molecular flexibility index (Phi) is 6.13. The number of carbonyl (C=O) groups excluding carboxylic acids is 1. The molecule has 0 unspecified atom stereocenters. The first-order valence-corrected chi connectivity index (χ1v) is 7.58. The molecular formula is C14H22N6O4. The van der Waals surface area contributed by atoms with E-state index < -0.39 is 11.9 Å². The number of nitrogens with one attached hydrogen (secondary N) is 1. The van der Waals surface area contributed by atoms with Crippen molar-refractivity contribution in [2.75, 3.05) is 57.1 Å². The van der Waals surface area contributed by atoms with Gasteiger partial charge < -0.3 is 30.7 Å². The van der Waals surface area contributed by atoms with Crippen molar-refractivity contribution >= 4 is 23.6 Å². The molecule has 0 aromatic carbocycles. The van der Waals surface area contributed by atoms with E-state index in [-0.39, 0.29) is 19.1 Å². The normalized spacial score (nSPS) is 18.1. The number of urea groups is 1. The molecule has 1 aliphatic heterocycles. The smallest absolute Gasteiger partial charge is 0.317 e. The summed E-state index contributed by atoms with van der Waals surface area (Å²) in [7, 11) is 1.55. The summed E-state index contributed by atoms with van der Waals surface area (Å²) >= 11 is 0. The standard InChI is InChI=1S/C14H22N6O4/c1-24-5-2-16-14(23)20-4-3-19(7-10(8-20)13(21)22)12-6-11(15)17-9-18-12/h6,9-10H,2-5,7-8H2,1H3,(H,16,23)(H,21,22)(H2,15,17,18)/t10-/m1/s1. The number of hydrogen-bond acceptors (Lipinski definition) is 7. The number of carbonyl (C=O) groups is 2. The SMILES string of the molecule is COCCNC(=O)N1CCN(c2cc(N)ncn2)C[C@@H](C(=O)O)C1. The topological polar surface area (TPSA) is 134 Å². The van der Waals surface area contributed by atoms with Crippen molar-refractivity contribution in [3.8, 4) is 0 Å². The molecule has 10 heteroatoms. The molecule has 0 aliphatic carbocycles. The predicted octanol–water partition coefficient (Wildman–Crippen LogP) is -0.762. The summed E-state index contributed by atoms with van der Waals surface area (Å²) in [5.74, 6) is -0.823. The molecule has 1 aliphatic rings. The fourth-order valence-electron chi connectivity index (χ4n) is 2.47. The van der Waals surface area contributed by atoms with Crippen molar-refractivity contribution in [1.82, 2.24) is 20.2 Å². The van der Waals surface area contributed by atoms with E-state index in [1.54, 1.807) is 18.1 Å². The average molecular weight is 338 g/mol. The first-order valence-electron chi connectivity index (χ1n) is 7.58. The number of nitrogens with two attached hydrogens (primary N) is 1. The van der Waals surface area contributed by atoms with Crippen molar-refractivity contribution in [2.24, 2.45) is 5.92 Å². The fraction of sp³-hybridized carbons (Fsp3) is 0.571. The van der Waals surface area contributed by atoms with Gasteiger partial charge in [0, 0.05) is 45.9 Å². The van der Waals surface area contributed by atoms with Crippen LogP contribution in [0.25, 0.3) is 0 Å². The lowest BCUT2D eigenvalue weighted by molar-refractivity contribution is -0.141. The van der Waals surface area contributed by atoms with E-state index in [0.717, 1.165) is 0 Å². The van der Waals surface area contributed by atoms with Crippen LogP contribution < -0.4 is 16.0 Å². The highest BCUT2D eigenvalue weighted by Gasteiger charge is 2.30. The van der Waals surface area contributed by atoms with Crippen molar-refractivity contribution in [2.45, 2.75) is 0 Å². The molecule has 1 saturated heterocycles. The van der Waals surface area contributed by atoms with E-state index in [1.807, 2.05) is 0 Å². The first-order chi connectivity index (χ1) is 11.5. The highest BCUT2D eigenvalue weighted by atomic mass is 16.5. The molecule has 2 heterocycles. The van der Waals surface area contributed by atoms with E-state index in [9.17, 15) is 14.7 Å². The molecule has 24 heavy (non-hydrogen) atoms. The third-order valence-electron chi connectivity index (χ3n) is 3.74. The minimum atomic E-state index is -0.960. The number of methoxy groups -OCH3 is 1. The van der Waals surface area contributed by atoms with Gasteiger partial charge in [0.25, 0.3) is 0 Å². The lowest BCUT2D eigenvalue weighted by Crippen LogP contribution is -2.44. The highest BCUT2D eigenvalue weighted by molar-refractivity contribution is 5.77. The van der Waals surface area contributed by atoms with Crippen LogP contribution in [0.3, 0.4) is 0 Å². The monoisotopic (exact) mass is 338 g/mol. The van der Waals surface area contributed by atoms with Gasteiger partial charge in [0.2, 0.25) is 0 Å². The highest BCUT2D eigenvalue weighted by Crippen LogP contribution is 2.18. The van der Waals surface area contributed by atoms with Gasteiger partial charge in [-0.1, -0.05) is 0 Å². The van der Waals surface area contributed by atoms with Gasteiger partial charge in [0.05, 0.1) is 12.5 Å². The van der Waals surface area contributed by atoms with Gasteiger partial charge in [-0.15, -0.1) is 0 Å². The Morgan fingerprint density at radius 2 is 2.21 bits per heavy atom. The molecule has 1 fully saturated rings. The van der Waals surface area contributed by atoms with Gasteiger partial charge in [0.15, 0.2) is 0 Å². The summed E-state index contributed by atoms with van der Waals surface area (Å²) in [4.78, 5) is 35.0. The van der Waals surface area contributed by atoms with Crippen LogP contribution in [0.1, 0.15) is 0 Å². The Morgan fingerprint density at radius 3 is 2.88 bits per heavy atom. The quantitative estimate of drug-likeness (QED) is 0.596. The maximum absolute atomic E-state index is 12.2. The zero-order valence-electron chi connectivity index (χ0n) is 13.5. The van der Waals surface area contributed by atoms with Gasteiger partial charge in [-0.25, -0.2) is 14.8 Å². The molecular weight excluding hydrogens is 316 g/mol. The van der Waals surface area contributed by atoms with E-state index >= 15 is 0 Å². The van der Waals surface area contributed by atoms with Crippen molar-refractivity contribution < 1.29 is 19.4 Å². The summed E-state index contributed by atoms with van der Waals surface area (Å²) in [6, 6.07) is 1.29. The molecule has 2 amide bonds. The van der Waals surface area contributed by atoms with Crippen LogP contribution in [0, 0.1) is 5.92 Å². The van der Waals surface area contributed by atoms with E-state index in [2.05, 4.69) is 15.3 Å². The van der Waals surface area contributed by atoms with Crippen LogP contribution in [0.2, 0.25) is 0 Å². The lowest BCUT2D eigenvalue weighted by Gasteiger charge is -2.23. The van der Waals surface area contributed by atoms with Gasteiger partial charge in [-0.2, -0.15) is 0 Å². The van der Waals surface area contributed by atoms with Crippen molar-refractivity contribution in [3.63, 3.8) is 0 Å². The summed E-state index contributed by atoms with van der Waals surface area (Å²) in [5.41, 5.74) is 5.66. The van der Waals surface area contributed by atoms with Gasteiger partial charge in [-0.05, 0) is 0 Å². The molecule has 132 valence electrons. The fourth-order valence-corrected chi connectivity index (χ4v) is 2.47. The van der Waals surface area contributed by atoms with Crippen LogP contribution in [-0.4, -0.2) is 78.4 Å². The molecule has 0 spiro atoms. The molecule has 0 bridgehead atoms. The van der Waals surface area contributed by atoms with Gasteiger partial charge >= 0.3 is 12.0 Å². The minimum absolute atomic E-state index is 0.130. The number of carboxylic acid groups (broad SMARTS) is 1. The first kappa shape index (κ1) is 17.7. The third kappa shape index (κ3) is 4.69. The van der Waals surface area contributed by atoms with Crippen LogP contribution in [0.4, 0.5) is 16.4 Å². The number of aromatic nitrogens is 2. The molecule has 1 atom stereocenters. The Hall–Kier alpha value is -2.62. The Labute approximate surface area is 139 Å². The Bertz CT molecular complexity index is 584. The van der Waals surface area contributed by atoms with Crippen LogP contribution in [-0.2, 0) is 9.53 Å². The number of aliphatic carboxylic acids is 1. The van der Waals surface area contributed by atoms with Crippen LogP contribution in [0.15, 0.2) is 12.4 Å². The number of rotatable bonds is 5. The third-order valence-corrected chi connectivity index (χ3v) is 3.74. The lowest BCUT2D eigenvalue weighted by atomic mass is 10.1. The van der Waals surface area contributed by atoms with Gasteiger partial charge in [-0.3, -0.25) is 4.79 Å². The predicted molar refractivity (Wildman–Crippen MR) is 86.6 cm³/mol. The Balaban J connectivity index is 2.09. The second kappa shape index (κ2) is 8.29. The largest absolute Gasteiger partial charge is 0.481 e. The zero-order valence-corrected chi connectivity index (χ0v) is 13.5. The molecule has 10 nitrogen and oxygen atoms in total. The number of amides is 2. The number of ether oxygens (including phenoxy) is 1. The maximum atomic E-state index is 12.2. The van der Waals surface area contributed by atoms with Gasteiger partial charge in [0.1, 0.15) is 18.0 Å². The van der Waals surface area contributed by atoms with E-state index in [1.165, 1.54) is 11.2 Å². The van der Waals surface area contributed by atoms with E-state index in [4.69, 9.17) is 10.5 Å².